The maximum absolute atomic E-state index is 12.2. The highest BCUT2D eigenvalue weighted by atomic mass is 35.5. The number of thiazole rings is 2. The van der Waals surface area contributed by atoms with Crippen molar-refractivity contribution in [3.63, 3.8) is 0 Å². The van der Waals surface area contributed by atoms with Gasteiger partial charge < -0.3 is 11.1 Å². The van der Waals surface area contributed by atoms with Crippen molar-refractivity contribution in [2.45, 2.75) is 32.7 Å². The summed E-state index contributed by atoms with van der Waals surface area (Å²) in [5.41, 5.74) is 6.39. The molecule has 0 bridgehead atoms. The quantitative estimate of drug-likeness (QED) is 0.832. The highest BCUT2D eigenvalue weighted by Gasteiger charge is 2.27. The molecule has 0 aliphatic heterocycles. The third-order valence-electron chi connectivity index (χ3n) is 2.72. The van der Waals surface area contributed by atoms with Gasteiger partial charge in [-0.3, -0.25) is 4.79 Å². The van der Waals surface area contributed by atoms with Gasteiger partial charge in [-0.05, 0) is 27.3 Å². The van der Waals surface area contributed by atoms with Crippen molar-refractivity contribution >= 4 is 53.4 Å². The number of hydrogen-bond acceptors (Lipinski definition) is 6. The van der Waals surface area contributed by atoms with Crippen LogP contribution >= 0.6 is 47.5 Å². The molecule has 2 aromatic rings. The lowest BCUT2D eigenvalue weighted by atomic mass is 10.1. The van der Waals surface area contributed by atoms with Crippen molar-refractivity contribution in [1.82, 2.24) is 15.3 Å². The fourth-order valence-electron chi connectivity index (χ4n) is 1.70. The molecule has 0 saturated carbocycles. The van der Waals surface area contributed by atoms with Crippen LogP contribution in [0.1, 0.15) is 40.0 Å². The Morgan fingerprint density at radius 2 is 1.95 bits per heavy atom. The van der Waals surface area contributed by atoms with Crippen molar-refractivity contribution in [3.05, 3.63) is 32.2 Å². The van der Waals surface area contributed by atoms with Crippen LogP contribution in [0.15, 0.2) is 10.8 Å². The first-order valence-corrected chi connectivity index (χ1v) is 8.08. The van der Waals surface area contributed by atoms with Gasteiger partial charge in [0.1, 0.15) is 10.7 Å². The van der Waals surface area contributed by atoms with Crippen LogP contribution in [0.5, 0.6) is 0 Å². The number of nitrogens with zero attached hydrogens (tertiary/aromatic N) is 2. The second kappa shape index (κ2) is 8.79. The maximum atomic E-state index is 12.2. The number of halogens is 2. The lowest BCUT2D eigenvalue weighted by Crippen LogP contribution is -2.41. The maximum Gasteiger partial charge on any atom is 0.271 e. The van der Waals surface area contributed by atoms with E-state index >= 15 is 0 Å². The molecule has 2 rings (SSSR count). The first-order chi connectivity index (χ1) is 9.42. The van der Waals surface area contributed by atoms with E-state index < -0.39 is 5.54 Å². The number of hydrogen-bond donors (Lipinski definition) is 2. The molecule has 22 heavy (non-hydrogen) atoms. The van der Waals surface area contributed by atoms with E-state index in [0.29, 0.717) is 18.7 Å². The van der Waals surface area contributed by atoms with Gasteiger partial charge >= 0.3 is 0 Å². The molecular weight excluding hydrogens is 363 g/mol. The molecule has 0 aromatic carbocycles. The fraction of sp³-hybridized carbons (Fsp3) is 0.462. The molecule has 0 aliphatic rings. The van der Waals surface area contributed by atoms with Crippen LogP contribution in [0.3, 0.4) is 0 Å². The Balaban J connectivity index is 0.00000220. The van der Waals surface area contributed by atoms with Gasteiger partial charge in [-0.1, -0.05) is 0 Å². The molecule has 9 heteroatoms. The van der Waals surface area contributed by atoms with E-state index in [1.165, 1.54) is 11.3 Å². The molecule has 0 radical (unpaired) electrons. The molecule has 0 atom stereocenters. The Hall–Kier alpha value is -0.730. The predicted octanol–water partition coefficient (Wildman–Crippen LogP) is 2.92. The van der Waals surface area contributed by atoms with Crippen LogP contribution in [0.4, 0.5) is 0 Å². The van der Waals surface area contributed by atoms with Crippen molar-refractivity contribution in [1.29, 1.82) is 0 Å². The average Bonchev–Trinajstić information content (AvgIpc) is 2.98. The first kappa shape index (κ1) is 21.3. The normalized spacial score (nSPS) is 10.5. The van der Waals surface area contributed by atoms with Gasteiger partial charge in [0, 0.05) is 22.9 Å². The molecule has 2 heterocycles. The number of nitrogens with one attached hydrogen (secondary N) is 1. The predicted molar refractivity (Wildman–Crippen MR) is 96.7 cm³/mol. The largest absolute Gasteiger partial charge is 0.339 e. The molecule has 124 valence electrons. The Bertz CT molecular complexity index is 613. The molecule has 0 fully saturated rings. The molecular formula is C13H20Cl2N4OS2. The van der Waals surface area contributed by atoms with Crippen molar-refractivity contribution in [2.24, 2.45) is 5.73 Å². The first-order valence-electron chi connectivity index (χ1n) is 6.32. The van der Waals surface area contributed by atoms with E-state index in [9.17, 15) is 4.79 Å². The van der Waals surface area contributed by atoms with Crippen LogP contribution in [0, 0.1) is 6.92 Å². The standard InChI is InChI=1S/C13H18N4OS2.2ClH/c1-8-6-20-12(15-8)13(2,3)17-11(18)9-7-19-10(16-9)4-5-14;;/h6-7H,4-5,14H2,1-3H3,(H,17,18);2*1H. The zero-order chi connectivity index (χ0) is 14.8. The van der Waals surface area contributed by atoms with Crippen LogP contribution in [0.2, 0.25) is 0 Å². The molecule has 0 aliphatic carbocycles. The topological polar surface area (TPSA) is 80.9 Å². The molecule has 3 N–H and O–H groups in total. The van der Waals surface area contributed by atoms with Crippen LogP contribution in [0.25, 0.3) is 0 Å². The number of aromatic nitrogens is 2. The van der Waals surface area contributed by atoms with Gasteiger partial charge in [-0.15, -0.1) is 47.5 Å². The van der Waals surface area contributed by atoms with E-state index in [1.807, 2.05) is 26.2 Å². The smallest absolute Gasteiger partial charge is 0.271 e. The minimum absolute atomic E-state index is 0. The summed E-state index contributed by atoms with van der Waals surface area (Å²) >= 11 is 3.01. The van der Waals surface area contributed by atoms with Gasteiger partial charge in [0.05, 0.1) is 10.5 Å². The summed E-state index contributed by atoms with van der Waals surface area (Å²) in [6, 6.07) is 0. The number of carbonyl (C=O) groups is 1. The van der Waals surface area contributed by atoms with Crippen molar-refractivity contribution < 1.29 is 4.79 Å². The van der Waals surface area contributed by atoms with Gasteiger partial charge in [-0.25, -0.2) is 9.97 Å². The lowest BCUT2D eigenvalue weighted by molar-refractivity contribution is 0.0907. The Morgan fingerprint density at radius 1 is 1.27 bits per heavy atom. The molecule has 2 aromatic heterocycles. The minimum Gasteiger partial charge on any atom is -0.339 e. The van der Waals surface area contributed by atoms with E-state index in [2.05, 4.69) is 15.3 Å². The number of carbonyl (C=O) groups excluding carboxylic acids is 1. The number of rotatable bonds is 5. The summed E-state index contributed by atoms with van der Waals surface area (Å²) in [6.45, 7) is 6.36. The second-order valence-corrected chi connectivity index (χ2v) is 6.84. The molecule has 0 unspecified atom stereocenters. The summed E-state index contributed by atoms with van der Waals surface area (Å²) in [7, 11) is 0. The summed E-state index contributed by atoms with van der Waals surface area (Å²) in [5, 5.41) is 8.50. The van der Waals surface area contributed by atoms with Crippen LogP contribution < -0.4 is 11.1 Å². The Kier molecular flexibility index (Phi) is 8.49. The van der Waals surface area contributed by atoms with Crippen molar-refractivity contribution in [3.8, 4) is 0 Å². The monoisotopic (exact) mass is 382 g/mol. The van der Waals surface area contributed by atoms with Crippen LogP contribution in [-0.4, -0.2) is 22.4 Å². The van der Waals surface area contributed by atoms with E-state index in [4.69, 9.17) is 5.73 Å². The lowest BCUT2D eigenvalue weighted by Gasteiger charge is -2.23. The summed E-state index contributed by atoms with van der Waals surface area (Å²) in [5.74, 6) is -0.178. The Morgan fingerprint density at radius 3 is 2.50 bits per heavy atom. The Labute approximate surface area is 150 Å². The van der Waals surface area contributed by atoms with E-state index in [0.717, 1.165) is 15.7 Å². The second-order valence-electron chi connectivity index (χ2n) is 5.04. The van der Waals surface area contributed by atoms with Crippen LogP contribution in [-0.2, 0) is 12.0 Å². The third kappa shape index (κ3) is 5.17. The average molecular weight is 383 g/mol. The zero-order valence-electron chi connectivity index (χ0n) is 12.6. The summed E-state index contributed by atoms with van der Waals surface area (Å²) in [4.78, 5) is 21.0. The van der Waals surface area contributed by atoms with E-state index in [-0.39, 0.29) is 30.7 Å². The fourth-order valence-corrected chi connectivity index (χ4v) is 3.37. The van der Waals surface area contributed by atoms with Gasteiger partial charge in [0.15, 0.2) is 0 Å². The molecule has 5 nitrogen and oxygen atoms in total. The minimum atomic E-state index is -0.506. The number of aryl methyl sites for hydroxylation is 1. The van der Waals surface area contributed by atoms with E-state index in [1.54, 1.807) is 16.7 Å². The highest BCUT2D eigenvalue weighted by Crippen LogP contribution is 2.24. The summed E-state index contributed by atoms with van der Waals surface area (Å²) in [6.07, 6.45) is 0.701. The van der Waals surface area contributed by atoms with Crippen molar-refractivity contribution in [2.75, 3.05) is 6.54 Å². The van der Waals surface area contributed by atoms with Gasteiger partial charge in [0.25, 0.3) is 5.91 Å². The molecule has 0 saturated heterocycles. The molecule has 0 spiro atoms. The third-order valence-corrected chi connectivity index (χ3v) is 4.91. The number of amides is 1. The zero-order valence-corrected chi connectivity index (χ0v) is 15.8. The van der Waals surface area contributed by atoms with Gasteiger partial charge in [0.2, 0.25) is 0 Å². The number of nitrogens with two attached hydrogens (primary N) is 1. The molecule has 1 amide bonds. The highest BCUT2D eigenvalue weighted by molar-refractivity contribution is 7.10. The summed E-state index contributed by atoms with van der Waals surface area (Å²) < 4.78 is 0. The SMILES string of the molecule is Cc1csc(C(C)(C)NC(=O)c2csc(CCN)n2)n1.Cl.Cl. The van der Waals surface area contributed by atoms with Gasteiger partial charge in [-0.2, -0.15) is 0 Å².